The normalized spacial score (nSPS) is 32.1. The van der Waals surface area contributed by atoms with Crippen LogP contribution >= 0.6 is 0 Å². The van der Waals surface area contributed by atoms with Crippen LogP contribution in [0.1, 0.15) is 87.5 Å². The minimum Gasteiger partial charge on any atom is -0.384 e. The standard InChI is InChI=1S/C24H48N2O/c1-10-19(6)22-12-11-21(26(22)18(4)5)14-24(7,8)23-13-20(16-27-9)15-25(23)17(2)3/h17-23H,10-16H2,1-9H3/t19?,20?,21?,22-,23-/m0/s1. The van der Waals surface area contributed by atoms with E-state index in [2.05, 4.69) is 65.2 Å². The predicted molar refractivity (Wildman–Crippen MR) is 117 cm³/mol. The van der Waals surface area contributed by atoms with Crippen molar-refractivity contribution in [3.8, 4) is 0 Å². The molecule has 0 saturated carbocycles. The maximum absolute atomic E-state index is 5.51. The first-order valence-electron chi connectivity index (χ1n) is 11.6. The van der Waals surface area contributed by atoms with Crippen LogP contribution in [0.4, 0.5) is 0 Å². The summed E-state index contributed by atoms with van der Waals surface area (Å²) in [4.78, 5) is 5.65. The Morgan fingerprint density at radius 1 is 1.04 bits per heavy atom. The molecule has 0 bridgehead atoms. The number of hydrogen-bond donors (Lipinski definition) is 0. The summed E-state index contributed by atoms with van der Waals surface area (Å²) in [5.41, 5.74) is 0.342. The summed E-state index contributed by atoms with van der Waals surface area (Å²) in [5, 5.41) is 0. The molecule has 0 N–H and O–H groups in total. The van der Waals surface area contributed by atoms with Crippen molar-refractivity contribution in [2.75, 3.05) is 20.3 Å². The Balaban J connectivity index is 2.13. The average Bonchev–Trinajstić information content (AvgIpc) is 3.19. The molecule has 3 nitrogen and oxygen atoms in total. The summed E-state index contributed by atoms with van der Waals surface area (Å²) in [6.45, 7) is 21.6. The fourth-order valence-corrected chi connectivity index (χ4v) is 6.18. The van der Waals surface area contributed by atoms with Gasteiger partial charge in [-0.3, -0.25) is 9.80 Å². The largest absolute Gasteiger partial charge is 0.384 e. The zero-order chi connectivity index (χ0) is 20.4. The molecule has 2 heterocycles. The van der Waals surface area contributed by atoms with Gasteiger partial charge in [0.2, 0.25) is 0 Å². The van der Waals surface area contributed by atoms with Crippen molar-refractivity contribution < 1.29 is 4.74 Å². The fourth-order valence-electron chi connectivity index (χ4n) is 6.18. The molecule has 2 fully saturated rings. The lowest BCUT2D eigenvalue weighted by Crippen LogP contribution is -2.49. The molecule has 2 saturated heterocycles. The molecule has 2 rings (SSSR count). The monoisotopic (exact) mass is 380 g/mol. The fraction of sp³-hybridized carbons (Fsp3) is 1.00. The highest BCUT2D eigenvalue weighted by molar-refractivity contribution is 5.00. The third-order valence-electron chi connectivity index (χ3n) is 7.65. The number of nitrogens with zero attached hydrogens (tertiary/aromatic N) is 2. The molecule has 0 amide bonds. The minimum absolute atomic E-state index is 0.342. The van der Waals surface area contributed by atoms with Gasteiger partial charge in [-0.2, -0.15) is 0 Å². The van der Waals surface area contributed by atoms with E-state index in [1.807, 2.05) is 7.11 Å². The van der Waals surface area contributed by atoms with E-state index in [0.29, 0.717) is 29.5 Å². The molecule has 27 heavy (non-hydrogen) atoms. The summed E-state index contributed by atoms with van der Waals surface area (Å²) in [7, 11) is 1.85. The predicted octanol–water partition coefficient (Wildman–Crippen LogP) is 5.44. The molecule has 0 aromatic heterocycles. The summed E-state index contributed by atoms with van der Waals surface area (Å²) >= 11 is 0. The SMILES string of the molecule is CCC(C)[C@@H]1CCC(CC(C)(C)[C@@H]2CC(COC)CN2C(C)C)N1C(C)C. The van der Waals surface area contributed by atoms with Crippen molar-refractivity contribution in [1.29, 1.82) is 0 Å². The number of likely N-dealkylation sites (tertiary alicyclic amines) is 2. The molecule has 5 atom stereocenters. The van der Waals surface area contributed by atoms with Crippen molar-refractivity contribution >= 4 is 0 Å². The third kappa shape index (κ3) is 5.28. The lowest BCUT2D eigenvalue weighted by molar-refractivity contribution is 0.0439. The number of hydrogen-bond acceptors (Lipinski definition) is 3. The number of methoxy groups -OCH3 is 1. The van der Waals surface area contributed by atoms with Gasteiger partial charge in [0.15, 0.2) is 0 Å². The Morgan fingerprint density at radius 2 is 1.70 bits per heavy atom. The maximum Gasteiger partial charge on any atom is 0.0503 e. The molecule has 0 aromatic carbocycles. The average molecular weight is 381 g/mol. The van der Waals surface area contributed by atoms with E-state index < -0.39 is 0 Å². The second kappa shape index (κ2) is 9.59. The summed E-state index contributed by atoms with van der Waals surface area (Å²) in [6, 6.07) is 3.47. The molecule has 160 valence electrons. The highest BCUT2D eigenvalue weighted by atomic mass is 16.5. The Hall–Kier alpha value is -0.120. The van der Waals surface area contributed by atoms with Crippen LogP contribution in [-0.4, -0.2) is 60.3 Å². The molecule has 2 aliphatic heterocycles. The highest BCUT2D eigenvalue weighted by Gasteiger charge is 2.46. The van der Waals surface area contributed by atoms with E-state index in [1.165, 1.54) is 38.6 Å². The number of ether oxygens (including phenoxy) is 1. The summed E-state index contributed by atoms with van der Waals surface area (Å²) in [5.74, 6) is 1.50. The topological polar surface area (TPSA) is 15.7 Å². The van der Waals surface area contributed by atoms with Crippen LogP contribution < -0.4 is 0 Å². The molecule has 3 heteroatoms. The van der Waals surface area contributed by atoms with Gasteiger partial charge in [-0.25, -0.2) is 0 Å². The smallest absolute Gasteiger partial charge is 0.0503 e. The van der Waals surface area contributed by atoms with Crippen LogP contribution in [0.25, 0.3) is 0 Å². The quantitative estimate of drug-likeness (QED) is 0.530. The first kappa shape index (κ1) is 23.2. The van der Waals surface area contributed by atoms with E-state index in [0.717, 1.165) is 24.6 Å². The molecule has 2 aliphatic rings. The van der Waals surface area contributed by atoms with Crippen LogP contribution in [0.15, 0.2) is 0 Å². The van der Waals surface area contributed by atoms with Crippen molar-refractivity contribution in [2.45, 2.75) is 118 Å². The van der Waals surface area contributed by atoms with E-state index >= 15 is 0 Å². The first-order chi connectivity index (χ1) is 12.6. The van der Waals surface area contributed by atoms with Gasteiger partial charge in [-0.1, -0.05) is 34.1 Å². The molecule has 3 unspecified atom stereocenters. The number of rotatable bonds is 9. The van der Waals surface area contributed by atoms with Crippen molar-refractivity contribution in [3.05, 3.63) is 0 Å². The summed E-state index contributed by atoms with van der Waals surface area (Å²) in [6.07, 6.45) is 6.69. The second-order valence-corrected chi connectivity index (χ2v) is 10.8. The van der Waals surface area contributed by atoms with Crippen molar-refractivity contribution in [3.63, 3.8) is 0 Å². The van der Waals surface area contributed by atoms with Gasteiger partial charge in [0, 0.05) is 43.9 Å². The van der Waals surface area contributed by atoms with E-state index in [9.17, 15) is 0 Å². The van der Waals surface area contributed by atoms with Crippen LogP contribution in [0.3, 0.4) is 0 Å². The van der Waals surface area contributed by atoms with Crippen molar-refractivity contribution in [2.24, 2.45) is 17.3 Å². The van der Waals surface area contributed by atoms with Gasteiger partial charge < -0.3 is 4.74 Å². The second-order valence-electron chi connectivity index (χ2n) is 10.8. The van der Waals surface area contributed by atoms with Crippen LogP contribution in [0, 0.1) is 17.3 Å². The Kier molecular flexibility index (Phi) is 8.22. The Bertz CT molecular complexity index is 448. The molecule has 0 spiro atoms. The van der Waals surface area contributed by atoms with Crippen molar-refractivity contribution in [1.82, 2.24) is 9.80 Å². The van der Waals surface area contributed by atoms with Gasteiger partial charge in [-0.05, 0) is 70.6 Å². The Labute approximate surface area is 170 Å². The van der Waals surface area contributed by atoms with Gasteiger partial charge in [0.05, 0.1) is 6.61 Å². The van der Waals surface area contributed by atoms with Crippen LogP contribution in [0.2, 0.25) is 0 Å². The molecule has 0 aromatic rings. The van der Waals surface area contributed by atoms with Gasteiger partial charge in [-0.15, -0.1) is 0 Å². The molecular formula is C24H48N2O. The van der Waals surface area contributed by atoms with E-state index in [-0.39, 0.29) is 0 Å². The van der Waals surface area contributed by atoms with E-state index in [1.54, 1.807) is 0 Å². The minimum atomic E-state index is 0.342. The molecular weight excluding hydrogens is 332 g/mol. The maximum atomic E-state index is 5.51. The summed E-state index contributed by atoms with van der Waals surface area (Å²) < 4.78 is 5.51. The van der Waals surface area contributed by atoms with E-state index in [4.69, 9.17) is 4.74 Å². The molecule has 0 radical (unpaired) electrons. The zero-order valence-electron chi connectivity index (χ0n) is 19.8. The highest BCUT2D eigenvalue weighted by Crippen LogP contribution is 2.44. The van der Waals surface area contributed by atoms with Crippen LogP contribution in [0.5, 0.6) is 0 Å². The van der Waals surface area contributed by atoms with Gasteiger partial charge in [0.1, 0.15) is 0 Å². The van der Waals surface area contributed by atoms with Gasteiger partial charge in [0.25, 0.3) is 0 Å². The van der Waals surface area contributed by atoms with Gasteiger partial charge >= 0.3 is 0 Å². The molecule has 0 aliphatic carbocycles. The van der Waals surface area contributed by atoms with Crippen LogP contribution in [-0.2, 0) is 4.74 Å². The Morgan fingerprint density at radius 3 is 2.22 bits per heavy atom. The lowest BCUT2D eigenvalue weighted by atomic mass is 9.76. The first-order valence-corrected chi connectivity index (χ1v) is 11.6. The third-order valence-corrected chi connectivity index (χ3v) is 7.65. The zero-order valence-corrected chi connectivity index (χ0v) is 19.8. The lowest BCUT2D eigenvalue weighted by Gasteiger charge is -2.44.